The van der Waals surface area contributed by atoms with E-state index in [2.05, 4.69) is 28.1 Å². The number of allylic oxidation sites excluding steroid dienone is 2. The largest absolute Gasteiger partial charge is 0.274 e. The normalized spacial score (nSPS) is 40.9. The summed E-state index contributed by atoms with van der Waals surface area (Å²) in [6.45, 7) is 1.95. The first-order valence-electron chi connectivity index (χ1n) is 7.90. The maximum Gasteiger partial charge on any atom is 0.238 e. The Kier molecular flexibility index (Phi) is 2.44. The van der Waals surface area contributed by atoms with Crippen molar-refractivity contribution < 1.29 is 9.59 Å². The lowest BCUT2D eigenvalue weighted by Gasteiger charge is -2.37. The fraction of sp³-hybridized carbons (Fsp3) is 0.444. The predicted octanol–water partition coefficient (Wildman–Crippen LogP) is 3.32. The van der Waals surface area contributed by atoms with Crippen LogP contribution in [0.4, 0.5) is 5.69 Å². The molecule has 0 N–H and O–H groups in total. The van der Waals surface area contributed by atoms with E-state index in [1.807, 2.05) is 25.1 Å². The Morgan fingerprint density at radius 1 is 1.05 bits per heavy atom. The van der Waals surface area contributed by atoms with Crippen molar-refractivity contribution in [3.05, 3.63) is 40.4 Å². The zero-order valence-electron chi connectivity index (χ0n) is 12.2. The molecule has 0 unspecified atom stereocenters. The summed E-state index contributed by atoms with van der Waals surface area (Å²) < 4.78 is 0.966. The molecular weight excluding hydrogens is 342 g/mol. The molecule has 6 atom stereocenters. The van der Waals surface area contributed by atoms with Gasteiger partial charge in [0, 0.05) is 4.47 Å². The van der Waals surface area contributed by atoms with Gasteiger partial charge in [0.05, 0.1) is 17.5 Å². The fourth-order valence-electron chi connectivity index (χ4n) is 5.06. The summed E-state index contributed by atoms with van der Waals surface area (Å²) in [5, 5.41) is 0. The lowest BCUT2D eigenvalue weighted by Crippen LogP contribution is -2.40. The summed E-state index contributed by atoms with van der Waals surface area (Å²) in [7, 11) is 0. The molecule has 112 valence electrons. The topological polar surface area (TPSA) is 37.4 Å². The Bertz CT molecular complexity index is 719. The minimum atomic E-state index is -0.116. The number of amides is 2. The zero-order valence-corrected chi connectivity index (χ0v) is 13.8. The van der Waals surface area contributed by atoms with Crippen LogP contribution in [0, 0.1) is 42.4 Å². The molecule has 0 radical (unpaired) electrons. The molecule has 2 bridgehead atoms. The summed E-state index contributed by atoms with van der Waals surface area (Å²) in [5.74, 6) is 1.69. The van der Waals surface area contributed by atoms with Crippen LogP contribution < -0.4 is 4.90 Å². The van der Waals surface area contributed by atoms with E-state index in [-0.39, 0.29) is 35.5 Å². The Hall–Kier alpha value is -1.42. The van der Waals surface area contributed by atoms with Crippen molar-refractivity contribution in [1.29, 1.82) is 0 Å². The average Bonchev–Trinajstić information content (AvgIpc) is 3.26. The highest BCUT2D eigenvalue weighted by Crippen LogP contribution is 2.65. The molecule has 1 heterocycles. The predicted molar refractivity (Wildman–Crippen MR) is 86.1 cm³/mol. The summed E-state index contributed by atoms with van der Waals surface area (Å²) in [4.78, 5) is 27.5. The first-order valence-corrected chi connectivity index (χ1v) is 8.69. The standard InChI is InChI=1S/C18H16BrNO2/c1-8-6-9(19)2-5-14(8)20-17(21)15-10-3-4-11(13-7-12(10)13)16(15)18(20)22/h2-6,10-13,15-16H,7H2,1H3/t10-,11-,12-,13+,15-,16+/m0/s1. The number of carbonyl (C=O) groups is 2. The summed E-state index contributed by atoms with van der Waals surface area (Å²) in [6, 6.07) is 5.74. The lowest BCUT2D eigenvalue weighted by atomic mass is 9.63. The van der Waals surface area contributed by atoms with Crippen molar-refractivity contribution in [2.45, 2.75) is 13.3 Å². The number of nitrogens with zero attached hydrogens (tertiary/aromatic N) is 1. The molecule has 4 heteroatoms. The van der Waals surface area contributed by atoms with Gasteiger partial charge in [0.15, 0.2) is 0 Å². The van der Waals surface area contributed by atoms with Gasteiger partial charge in [0.25, 0.3) is 0 Å². The fourth-order valence-corrected chi connectivity index (χ4v) is 5.54. The van der Waals surface area contributed by atoms with E-state index in [0.29, 0.717) is 11.8 Å². The van der Waals surface area contributed by atoms with E-state index >= 15 is 0 Å². The van der Waals surface area contributed by atoms with Crippen molar-refractivity contribution in [1.82, 2.24) is 0 Å². The molecule has 0 aromatic heterocycles. The Morgan fingerprint density at radius 3 is 2.18 bits per heavy atom. The van der Waals surface area contributed by atoms with Crippen LogP contribution >= 0.6 is 15.9 Å². The van der Waals surface area contributed by atoms with Gasteiger partial charge in [0.1, 0.15) is 0 Å². The number of imide groups is 1. The molecule has 2 saturated carbocycles. The summed E-state index contributed by atoms with van der Waals surface area (Å²) in [6.07, 6.45) is 5.62. The highest BCUT2D eigenvalue weighted by atomic mass is 79.9. The Morgan fingerprint density at radius 2 is 1.64 bits per heavy atom. The van der Waals surface area contributed by atoms with E-state index in [9.17, 15) is 9.59 Å². The average molecular weight is 358 g/mol. The monoisotopic (exact) mass is 357 g/mol. The minimum absolute atomic E-state index is 0.0186. The van der Waals surface area contributed by atoms with Crippen LogP contribution in [-0.2, 0) is 9.59 Å². The van der Waals surface area contributed by atoms with Gasteiger partial charge in [-0.15, -0.1) is 0 Å². The van der Waals surface area contributed by atoms with Gasteiger partial charge in [-0.25, -0.2) is 4.90 Å². The second kappa shape index (κ2) is 4.10. The van der Waals surface area contributed by atoms with Crippen LogP contribution in [0.2, 0.25) is 0 Å². The molecule has 1 aromatic carbocycles. The maximum absolute atomic E-state index is 13.0. The molecule has 2 amide bonds. The van der Waals surface area contributed by atoms with Crippen LogP contribution in [0.3, 0.4) is 0 Å². The first kappa shape index (κ1) is 13.1. The van der Waals surface area contributed by atoms with Crippen LogP contribution in [0.15, 0.2) is 34.8 Å². The number of aryl methyl sites for hydroxylation is 1. The molecule has 1 saturated heterocycles. The molecular formula is C18H16BrNO2. The second-order valence-corrected chi connectivity index (χ2v) is 8.01. The van der Waals surface area contributed by atoms with Crippen molar-refractivity contribution in [2.24, 2.45) is 35.5 Å². The number of halogens is 1. The smallest absolute Gasteiger partial charge is 0.238 e. The van der Waals surface area contributed by atoms with Crippen LogP contribution in [-0.4, -0.2) is 11.8 Å². The molecule has 1 aliphatic heterocycles. The number of hydrogen-bond acceptors (Lipinski definition) is 2. The third-order valence-corrected chi connectivity index (χ3v) is 6.56. The quantitative estimate of drug-likeness (QED) is 0.571. The van der Waals surface area contributed by atoms with Gasteiger partial charge in [-0.3, -0.25) is 9.59 Å². The minimum Gasteiger partial charge on any atom is -0.274 e. The first-order chi connectivity index (χ1) is 10.6. The third kappa shape index (κ3) is 1.47. The van der Waals surface area contributed by atoms with Crippen molar-refractivity contribution >= 4 is 33.4 Å². The van der Waals surface area contributed by atoms with Gasteiger partial charge in [-0.05, 0) is 60.8 Å². The SMILES string of the molecule is Cc1cc(Br)ccc1N1C(=O)[C@@H]2[C@H]3C=C[C@@H]([C@@H]4C[C@H]34)[C@@H]2C1=O. The van der Waals surface area contributed by atoms with Gasteiger partial charge in [-0.1, -0.05) is 28.1 Å². The molecule has 5 aliphatic rings. The number of benzene rings is 1. The van der Waals surface area contributed by atoms with Gasteiger partial charge >= 0.3 is 0 Å². The van der Waals surface area contributed by atoms with Crippen LogP contribution in [0.1, 0.15) is 12.0 Å². The van der Waals surface area contributed by atoms with E-state index in [1.54, 1.807) is 0 Å². The third-order valence-electron chi connectivity index (χ3n) is 6.06. The van der Waals surface area contributed by atoms with Crippen LogP contribution in [0.25, 0.3) is 0 Å². The molecule has 6 rings (SSSR count). The molecule has 3 fully saturated rings. The van der Waals surface area contributed by atoms with E-state index in [0.717, 1.165) is 15.7 Å². The second-order valence-electron chi connectivity index (χ2n) is 7.10. The molecule has 3 nitrogen and oxygen atoms in total. The van der Waals surface area contributed by atoms with Crippen molar-refractivity contribution in [3.63, 3.8) is 0 Å². The highest BCUT2D eigenvalue weighted by molar-refractivity contribution is 9.10. The lowest BCUT2D eigenvalue weighted by molar-refractivity contribution is -0.124. The number of carbonyl (C=O) groups excluding carboxylic acids is 2. The van der Waals surface area contributed by atoms with Crippen molar-refractivity contribution in [2.75, 3.05) is 4.90 Å². The molecule has 4 aliphatic carbocycles. The van der Waals surface area contributed by atoms with E-state index < -0.39 is 0 Å². The van der Waals surface area contributed by atoms with Gasteiger partial charge in [0.2, 0.25) is 11.8 Å². The van der Waals surface area contributed by atoms with E-state index in [4.69, 9.17) is 0 Å². The molecule has 0 spiro atoms. The zero-order chi connectivity index (χ0) is 15.2. The van der Waals surface area contributed by atoms with Crippen LogP contribution in [0.5, 0.6) is 0 Å². The van der Waals surface area contributed by atoms with Crippen molar-refractivity contribution in [3.8, 4) is 0 Å². The summed E-state index contributed by atoms with van der Waals surface area (Å²) >= 11 is 3.44. The van der Waals surface area contributed by atoms with Gasteiger partial charge in [-0.2, -0.15) is 0 Å². The summed E-state index contributed by atoms with van der Waals surface area (Å²) in [5.41, 5.74) is 1.71. The van der Waals surface area contributed by atoms with E-state index in [1.165, 1.54) is 11.3 Å². The maximum atomic E-state index is 13.0. The number of rotatable bonds is 1. The van der Waals surface area contributed by atoms with Gasteiger partial charge < -0.3 is 0 Å². The highest BCUT2D eigenvalue weighted by Gasteiger charge is 2.67. The molecule has 22 heavy (non-hydrogen) atoms. The number of anilines is 1. The molecule has 1 aromatic rings. The Labute approximate surface area is 137 Å². The number of hydrogen-bond donors (Lipinski definition) is 0. The Balaban J connectivity index is 1.60.